The number of rotatable bonds is 3. The van der Waals surface area contributed by atoms with E-state index < -0.39 is 0 Å². The Morgan fingerprint density at radius 1 is 1.06 bits per heavy atom. The Morgan fingerprint density at radius 3 is 2.53 bits per heavy atom. The topological polar surface area (TPSA) is 18.5 Å². The summed E-state index contributed by atoms with van der Waals surface area (Å²) in [5, 5.41) is 3.42. The second-order valence-corrected chi connectivity index (χ2v) is 5.98. The van der Waals surface area contributed by atoms with Gasteiger partial charge in [-0.15, -0.1) is 0 Å². The average Bonchev–Trinajstić information content (AvgIpc) is 2.65. The van der Waals surface area contributed by atoms with Gasteiger partial charge >= 0.3 is 0 Å². The lowest BCUT2D eigenvalue weighted by Crippen LogP contribution is -2.37. The van der Waals surface area contributed by atoms with Crippen molar-refractivity contribution in [3.8, 4) is 0 Å². The van der Waals surface area contributed by atoms with Crippen molar-refractivity contribution in [1.82, 2.24) is 15.1 Å². The molecule has 2 heterocycles. The third-order valence-corrected chi connectivity index (χ3v) is 4.61. The number of nitrogens with one attached hydrogen (secondary N) is 1. The first-order chi connectivity index (χ1) is 8.20. The highest BCUT2D eigenvalue weighted by molar-refractivity contribution is 4.86. The molecule has 2 atom stereocenters. The largest absolute Gasteiger partial charge is 0.316 e. The summed E-state index contributed by atoms with van der Waals surface area (Å²) in [4.78, 5) is 5.37. The first kappa shape index (κ1) is 13.3. The molecule has 100 valence electrons. The van der Waals surface area contributed by atoms with E-state index in [9.17, 15) is 0 Å². The van der Waals surface area contributed by atoms with E-state index in [2.05, 4.69) is 36.0 Å². The fourth-order valence-electron chi connectivity index (χ4n) is 3.34. The van der Waals surface area contributed by atoms with Crippen molar-refractivity contribution in [2.45, 2.75) is 57.7 Å². The smallest absolute Gasteiger partial charge is 0.0204 e. The van der Waals surface area contributed by atoms with E-state index in [0.29, 0.717) is 0 Å². The standard InChI is InChI=1S/C14H29N3/c1-12(2)16-8-4-5-14(7-10-16)17-9-6-13(11-17)15-3/h12-15H,4-11H2,1-3H3. The van der Waals surface area contributed by atoms with Crippen molar-refractivity contribution in [3.05, 3.63) is 0 Å². The Morgan fingerprint density at radius 2 is 1.88 bits per heavy atom. The Balaban J connectivity index is 1.82. The van der Waals surface area contributed by atoms with Crippen molar-refractivity contribution in [2.24, 2.45) is 0 Å². The van der Waals surface area contributed by atoms with Gasteiger partial charge in [0.1, 0.15) is 0 Å². The fraction of sp³-hybridized carbons (Fsp3) is 1.00. The molecule has 2 unspecified atom stereocenters. The van der Waals surface area contributed by atoms with Crippen LogP contribution >= 0.6 is 0 Å². The number of likely N-dealkylation sites (N-methyl/N-ethyl adjacent to an activating group) is 1. The van der Waals surface area contributed by atoms with Gasteiger partial charge in [0.15, 0.2) is 0 Å². The van der Waals surface area contributed by atoms with Crippen LogP contribution in [0.25, 0.3) is 0 Å². The molecule has 3 heteroatoms. The Labute approximate surface area is 107 Å². The second kappa shape index (κ2) is 6.17. The maximum Gasteiger partial charge on any atom is 0.0204 e. The van der Waals surface area contributed by atoms with Crippen LogP contribution in [0.15, 0.2) is 0 Å². The van der Waals surface area contributed by atoms with Gasteiger partial charge in [-0.05, 0) is 59.7 Å². The van der Waals surface area contributed by atoms with Crippen LogP contribution in [0.2, 0.25) is 0 Å². The number of likely N-dealkylation sites (tertiary alicyclic amines) is 2. The van der Waals surface area contributed by atoms with Gasteiger partial charge in [-0.2, -0.15) is 0 Å². The summed E-state index contributed by atoms with van der Waals surface area (Å²) in [6.07, 6.45) is 5.48. The molecule has 0 spiro atoms. The highest BCUT2D eigenvalue weighted by Crippen LogP contribution is 2.22. The highest BCUT2D eigenvalue weighted by atomic mass is 15.2. The maximum absolute atomic E-state index is 3.42. The molecule has 0 aliphatic carbocycles. The lowest BCUT2D eigenvalue weighted by Gasteiger charge is -2.28. The summed E-state index contributed by atoms with van der Waals surface area (Å²) < 4.78 is 0. The number of nitrogens with zero attached hydrogens (tertiary/aromatic N) is 2. The molecule has 2 rings (SSSR count). The molecule has 1 N–H and O–H groups in total. The van der Waals surface area contributed by atoms with E-state index in [1.807, 2.05) is 0 Å². The third-order valence-electron chi connectivity index (χ3n) is 4.61. The minimum atomic E-state index is 0.720. The summed E-state index contributed by atoms with van der Waals surface area (Å²) in [7, 11) is 2.10. The fourth-order valence-corrected chi connectivity index (χ4v) is 3.34. The van der Waals surface area contributed by atoms with Gasteiger partial charge in [-0.3, -0.25) is 4.90 Å². The van der Waals surface area contributed by atoms with Crippen LogP contribution in [0, 0.1) is 0 Å². The molecular weight excluding hydrogens is 210 g/mol. The Kier molecular flexibility index (Phi) is 4.83. The van der Waals surface area contributed by atoms with Crippen LogP contribution in [-0.4, -0.2) is 61.2 Å². The summed E-state index contributed by atoms with van der Waals surface area (Å²) in [6, 6.07) is 2.30. The van der Waals surface area contributed by atoms with Crippen molar-refractivity contribution in [1.29, 1.82) is 0 Å². The number of hydrogen-bond acceptors (Lipinski definition) is 3. The molecule has 0 aromatic carbocycles. The Hall–Kier alpha value is -0.120. The minimum Gasteiger partial charge on any atom is -0.316 e. The first-order valence-corrected chi connectivity index (χ1v) is 7.36. The minimum absolute atomic E-state index is 0.720. The highest BCUT2D eigenvalue weighted by Gasteiger charge is 2.29. The zero-order chi connectivity index (χ0) is 12.3. The van der Waals surface area contributed by atoms with Gasteiger partial charge in [0, 0.05) is 31.2 Å². The SMILES string of the molecule is CNC1CCN(C2CCCN(C(C)C)CC2)C1. The summed E-state index contributed by atoms with van der Waals surface area (Å²) in [5.41, 5.74) is 0. The van der Waals surface area contributed by atoms with E-state index in [0.717, 1.165) is 18.1 Å². The Bertz CT molecular complexity index is 230. The lowest BCUT2D eigenvalue weighted by atomic mass is 10.1. The van der Waals surface area contributed by atoms with E-state index >= 15 is 0 Å². The zero-order valence-corrected chi connectivity index (χ0v) is 11.8. The van der Waals surface area contributed by atoms with Crippen molar-refractivity contribution < 1.29 is 0 Å². The van der Waals surface area contributed by atoms with E-state index in [4.69, 9.17) is 0 Å². The van der Waals surface area contributed by atoms with Gasteiger partial charge in [-0.25, -0.2) is 0 Å². The molecule has 0 aromatic rings. The van der Waals surface area contributed by atoms with Gasteiger partial charge in [-0.1, -0.05) is 0 Å². The van der Waals surface area contributed by atoms with Crippen molar-refractivity contribution in [2.75, 3.05) is 33.2 Å². The molecule has 3 nitrogen and oxygen atoms in total. The van der Waals surface area contributed by atoms with Crippen LogP contribution in [0.1, 0.15) is 39.5 Å². The quantitative estimate of drug-likeness (QED) is 0.806. The zero-order valence-electron chi connectivity index (χ0n) is 11.8. The van der Waals surface area contributed by atoms with Crippen LogP contribution < -0.4 is 5.32 Å². The van der Waals surface area contributed by atoms with E-state index in [1.54, 1.807) is 0 Å². The molecule has 2 fully saturated rings. The van der Waals surface area contributed by atoms with E-state index in [-0.39, 0.29) is 0 Å². The second-order valence-electron chi connectivity index (χ2n) is 5.98. The van der Waals surface area contributed by atoms with Gasteiger partial charge in [0.25, 0.3) is 0 Å². The monoisotopic (exact) mass is 239 g/mol. The van der Waals surface area contributed by atoms with Crippen LogP contribution in [0.4, 0.5) is 0 Å². The van der Waals surface area contributed by atoms with Gasteiger partial charge < -0.3 is 10.2 Å². The predicted octanol–water partition coefficient (Wildman–Crippen LogP) is 1.54. The van der Waals surface area contributed by atoms with Crippen molar-refractivity contribution >= 4 is 0 Å². The molecule has 17 heavy (non-hydrogen) atoms. The summed E-state index contributed by atoms with van der Waals surface area (Å²) >= 11 is 0. The van der Waals surface area contributed by atoms with E-state index in [1.165, 1.54) is 51.9 Å². The average molecular weight is 239 g/mol. The number of hydrogen-bond donors (Lipinski definition) is 1. The van der Waals surface area contributed by atoms with Crippen LogP contribution in [-0.2, 0) is 0 Å². The maximum atomic E-state index is 3.42. The predicted molar refractivity (Wildman–Crippen MR) is 73.4 cm³/mol. The molecule has 0 aromatic heterocycles. The molecule has 2 aliphatic heterocycles. The normalized spacial score (nSPS) is 33.2. The molecule has 2 saturated heterocycles. The molecule has 2 aliphatic rings. The van der Waals surface area contributed by atoms with Crippen LogP contribution in [0.5, 0.6) is 0 Å². The van der Waals surface area contributed by atoms with Gasteiger partial charge in [0.05, 0.1) is 0 Å². The summed E-state index contributed by atoms with van der Waals surface area (Å²) in [6.45, 7) is 9.82. The molecule has 0 radical (unpaired) electrons. The van der Waals surface area contributed by atoms with Crippen molar-refractivity contribution in [3.63, 3.8) is 0 Å². The van der Waals surface area contributed by atoms with Crippen LogP contribution in [0.3, 0.4) is 0 Å². The summed E-state index contributed by atoms with van der Waals surface area (Å²) in [5.74, 6) is 0. The first-order valence-electron chi connectivity index (χ1n) is 7.36. The molecular formula is C14H29N3. The third kappa shape index (κ3) is 3.43. The molecule has 0 saturated carbocycles. The van der Waals surface area contributed by atoms with Gasteiger partial charge in [0.2, 0.25) is 0 Å². The lowest BCUT2D eigenvalue weighted by molar-refractivity contribution is 0.198. The molecule has 0 bridgehead atoms. The molecule has 0 amide bonds.